The Morgan fingerprint density at radius 2 is 1.64 bits per heavy atom. The molecule has 0 N–H and O–H groups in total. The number of hydrogen-bond donors (Lipinski definition) is 0. The summed E-state index contributed by atoms with van der Waals surface area (Å²) in [7, 11) is 0. The van der Waals surface area contributed by atoms with E-state index in [0.717, 1.165) is 0 Å². The molecule has 1 aromatic heterocycles. The summed E-state index contributed by atoms with van der Waals surface area (Å²) < 4.78 is 0. The Labute approximate surface area is 89.2 Å². The van der Waals surface area contributed by atoms with Crippen LogP contribution in [0.1, 0.15) is 16.7 Å². The highest BCUT2D eigenvalue weighted by atomic mass is 32.1. The summed E-state index contributed by atoms with van der Waals surface area (Å²) in [5.41, 5.74) is 5.50. The van der Waals surface area contributed by atoms with Crippen molar-refractivity contribution in [2.75, 3.05) is 0 Å². The molecule has 0 amide bonds. The molecule has 0 radical (unpaired) electrons. The van der Waals surface area contributed by atoms with Crippen LogP contribution in [0.15, 0.2) is 29.6 Å². The molecular formula is C13H14S. The molecule has 0 nitrogen and oxygen atoms in total. The van der Waals surface area contributed by atoms with Gasteiger partial charge in [0.2, 0.25) is 0 Å². The molecule has 72 valence electrons. The highest BCUT2D eigenvalue weighted by Crippen LogP contribution is 2.29. The molecule has 2 aromatic rings. The number of aryl methyl sites for hydroxylation is 3. The summed E-state index contributed by atoms with van der Waals surface area (Å²) in [5.74, 6) is 0. The molecule has 0 fully saturated rings. The maximum atomic E-state index is 2.29. The summed E-state index contributed by atoms with van der Waals surface area (Å²) in [6, 6.07) is 8.84. The van der Waals surface area contributed by atoms with E-state index in [0.29, 0.717) is 0 Å². The lowest BCUT2D eigenvalue weighted by Gasteiger charge is -2.07. The van der Waals surface area contributed by atoms with E-state index in [1.54, 1.807) is 11.3 Å². The lowest BCUT2D eigenvalue weighted by Crippen LogP contribution is -1.86. The van der Waals surface area contributed by atoms with E-state index in [4.69, 9.17) is 0 Å². The van der Waals surface area contributed by atoms with Crippen molar-refractivity contribution in [3.05, 3.63) is 46.3 Å². The van der Waals surface area contributed by atoms with Gasteiger partial charge in [-0.15, -0.1) is 11.3 Å². The third-order valence-electron chi connectivity index (χ3n) is 2.63. The highest BCUT2D eigenvalue weighted by molar-refractivity contribution is 7.13. The maximum absolute atomic E-state index is 2.29. The second-order valence-corrected chi connectivity index (χ2v) is 4.68. The highest BCUT2D eigenvalue weighted by Gasteiger charge is 2.04. The van der Waals surface area contributed by atoms with Crippen molar-refractivity contribution >= 4 is 11.3 Å². The summed E-state index contributed by atoms with van der Waals surface area (Å²) in [6.45, 7) is 6.52. The fourth-order valence-electron chi connectivity index (χ4n) is 1.66. The zero-order chi connectivity index (χ0) is 10.1. The number of hydrogen-bond acceptors (Lipinski definition) is 1. The molecule has 0 aliphatic carbocycles. The molecule has 0 bridgehead atoms. The fraction of sp³-hybridized carbons (Fsp3) is 0.231. The molecule has 14 heavy (non-hydrogen) atoms. The number of rotatable bonds is 1. The van der Waals surface area contributed by atoms with Crippen molar-refractivity contribution in [2.24, 2.45) is 0 Å². The largest absolute Gasteiger partial charge is 0.144 e. The van der Waals surface area contributed by atoms with Crippen molar-refractivity contribution < 1.29 is 0 Å². The Balaban J connectivity index is 2.60. The van der Waals surface area contributed by atoms with Gasteiger partial charge in [-0.25, -0.2) is 0 Å². The van der Waals surface area contributed by atoms with E-state index < -0.39 is 0 Å². The van der Waals surface area contributed by atoms with Gasteiger partial charge in [-0.2, -0.15) is 0 Å². The smallest absolute Gasteiger partial charge is 0.0345 e. The summed E-state index contributed by atoms with van der Waals surface area (Å²) in [6.07, 6.45) is 0. The summed E-state index contributed by atoms with van der Waals surface area (Å²) in [4.78, 5) is 1.37. The van der Waals surface area contributed by atoms with Gasteiger partial charge in [-0.1, -0.05) is 18.2 Å². The first-order valence-corrected chi connectivity index (χ1v) is 5.68. The molecule has 1 aromatic carbocycles. The molecule has 0 unspecified atom stereocenters. The number of thiophene rings is 1. The van der Waals surface area contributed by atoms with Crippen LogP contribution in [0.4, 0.5) is 0 Å². The van der Waals surface area contributed by atoms with Crippen LogP contribution in [0.2, 0.25) is 0 Å². The summed E-state index contributed by atoms with van der Waals surface area (Å²) >= 11 is 1.80. The summed E-state index contributed by atoms with van der Waals surface area (Å²) in [5, 5.41) is 2.13. The van der Waals surface area contributed by atoms with Crippen LogP contribution in [0.3, 0.4) is 0 Å². The topological polar surface area (TPSA) is 0 Å². The van der Waals surface area contributed by atoms with Crippen molar-refractivity contribution in [3.8, 4) is 10.4 Å². The fourth-order valence-corrected chi connectivity index (χ4v) is 2.47. The molecule has 2 rings (SSSR count). The third-order valence-corrected chi connectivity index (χ3v) is 3.53. The number of benzene rings is 1. The quantitative estimate of drug-likeness (QED) is 0.645. The van der Waals surface area contributed by atoms with Crippen LogP contribution < -0.4 is 0 Å². The van der Waals surface area contributed by atoms with Gasteiger partial charge >= 0.3 is 0 Å². The minimum absolute atomic E-state index is 1.37. The molecular weight excluding hydrogens is 188 g/mol. The first kappa shape index (κ1) is 9.47. The average Bonchev–Trinajstić information content (AvgIpc) is 2.64. The van der Waals surface area contributed by atoms with Gasteiger partial charge < -0.3 is 0 Å². The second-order valence-electron chi connectivity index (χ2n) is 3.73. The Morgan fingerprint density at radius 1 is 0.929 bits per heavy atom. The van der Waals surface area contributed by atoms with Gasteiger partial charge in [0.15, 0.2) is 0 Å². The standard InChI is InChI=1S/C13H14S/c1-9-7-11(3)12(8-10(9)2)13-5-4-6-14-13/h4-8H,1-3H3. The predicted molar refractivity (Wildman–Crippen MR) is 64.0 cm³/mol. The van der Waals surface area contributed by atoms with E-state index in [-0.39, 0.29) is 0 Å². The normalized spacial score (nSPS) is 10.5. The van der Waals surface area contributed by atoms with Crippen molar-refractivity contribution in [1.29, 1.82) is 0 Å². The van der Waals surface area contributed by atoms with E-state index in [9.17, 15) is 0 Å². The molecule has 0 saturated carbocycles. The van der Waals surface area contributed by atoms with Gasteiger partial charge in [-0.05, 0) is 54.5 Å². The van der Waals surface area contributed by atoms with E-state index in [2.05, 4.69) is 50.4 Å². The first-order chi connectivity index (χ1) is 6.68. The van der Waals surface area contributed by atoms with Crippen LogP contribution >= 0.6 is 11.3 Å². The van der Waals surface area contributed by atoms with Crippen molar-refractivity contribution in [2.45, 2.75) is 20.8 Å². The molecule has 1 heterocycles. The van der Waals surface area contributed by atoms with Crippen LogP contribution in [-0.4, -0.2) is 0 Å². The third kappa shape index (κ3) is 1.60. The van der Waals surface area contributed by atoms with E-state index >= 15 is 0 Å². The minimum atomic E-state index is 1.37. The molecule has 1 heteroatoms. The lowest BCUT2D eigenvalue weighted by molar-refractivity contribution is 1.30. The molecule has 0 spiro atoms. The zero-order valence-corrected chi connectivity index (χ0v) is 9.61. The molecule has 0 saturated heterocycles. The molecule has 0 aliphatic heterocycles. The second kappa shape index (κ2) is 3.58. The van der Waals surface area contributed by atoms with Crippen LogP contribution in [0, 0.1) is 20.8 Å². The Kier molecular flexibility index (Phi) is 2.42. The Morgan fingerprint density at radius 3 is 2.29 bits per heavy atom. The van der Waals surface area contributed by atoms with Crippen molar-refractivity contribution in [3.63, 3.8) is 0 Å². The molecule has 0 aliphatic rings. The van der Waals surface area contributed by atoms with Gasteiger partial charge in [-0.3, -0.25) is 0 Å². The average molecular weight is 202 g/mol. The predicted octanol–water partition coefficient (Wildman–Crippen LogP) is 4.34. The van der Waals surface area contributed by atoms with Gasteiger partial charge in [0.1, 0.15) is 0 Å². The maximum Gasteiger partial charge on any atom is 0.0345 e. The Hall–Kier alpha value is -1.08. The van der Waals surface area contributed by atoms with E-state index in [1.807, 2.05) is 0 Å². The van der Waals surface area contributed by atoms with Crippen LogP contribution in [0.25, 0.3) is 10.4 Å². The molecule has 0 atom stereocenters. The van der Waals surface area contributed by atoms with Gasteiger partial charge in [0.25, 0.3) is 0 Å². The SMILES string of the molecule is Cc1cc(C)c(-c2cccs2)cc1C. The zero-order valence-electron chi connectivity index (χ0n) is 8.79. The van der Waals surface area contributed by atoms with E-state index in [1.165, 1.54) is 27.1 Å². The van der Waals surface area contributed by atoms with Crippen LogP contribution in [-0.2, 0) is 0 Å². The lowest BCUT2D eigenvalue weighted by atomic mass is 10.00. The Bertz CT molecular complexity index is 439. The minimum Gasteiger partial charge on any atom is -0.144 e. The van der Waals surface area contributed by atoms with Crippen molar-refractivity contribution in [1.82, 2.24) is 0 Å². The van der Waals surface area contributed by atoms with Crippen LogP contribution in [0.5, 0.6) is 0 Å². The van der Waals surface area contributed by atoms with Gasteiger partial charge in [0, 0.05) is 4.88 Å². The van der Waals surface area contributed by atoms with Gasteiger partial charge in [0.05, 0.1) is 0 Å². The monoisotopic (exact) mass is 202 g/mol. The first-order valence-electron chi connectivity index (χ1n) is 4.80.